The van der Waals surface area contributed by atoms with Gasteiger partial charge in [0.1, 0.15) is 11.8 Å². The van der Waals surface area contributed by atoms with Crippen LogP contribution in [0.4, 0.5) is 11.4 Å². The minimum Gasteiger partial charge on any atom is -0.490 e. The van der Waals surface area contributed by atoms with Crippen molar-refractivity contribution in [2.45, 2.75) is 0 Å². The van der Waals surface area contributed by atoms with Crippen LogP contribution in [0.15, 0.2) is 42.5 Å². The number of nitro groups is 1. The van der Waals surface area contributed by atoms with Crippen LogP contribution in [0.25, 0.3) is 0 Å². The van der Waals surface area contributed by atoms with Crippen molar-refractivity contribution in [2.75, 3.05) is 19.0 Å². The highest BCUT2D eigenvalue weighted by atomic mass is 16.6. The number of nitrogens with zero attached hydrogens (tertiary/aromatic N) is 2. The summed E-state index contributed by atoms with van der Waals surface area (Å²) in [6.45, 7) is -0.319. The minimum absolute atomic E-state index is 0.0349. The van der Waals surface area contributed by atoms with Gasteiger partial charge < -0.3 is 14.8 Å². The summed E-state index contributed by atoms with van der Waals surface area (Å²) in [6.07, 6.45) is 0. The Kier molecular flexibility index (Phi) is 5.31. The topological polar surface area (TPSA) is 114 Å². The molecule has 24 heavy (non-hydrogen) atoms. The van der Waals surface area contributed by atoms with Crippen molar-refractivity contribution in [2.24, 2.45) is 0 Å². The molecule has 122 valence electrons. The maximum atomic E-state index is 11.9. The van der Waals surface area contributed by atoms with E-state index in [1.165, 1.54) is 25.3 Å². The Balaban J connectivity index is 2.02. The van der Waals surface area contributed by atoms with Gasteiger partial charge in [-0.25, -0.2) is 0 Å². The van der Waals surface area contributed by atoms with E-state index in [1.54, 1.807) is 24.3 Å². The van der Waals surface area contributed by atoms with Crippen molar-refractivity contribution in [1.82, 2.24) is 0 Å². The van der Waals surface area contributed by atoms with Crippen molar-refractivity contribution in [3.8, 4) is 17.6 Å². The molecule has 0 radical (unpaired) electrons. The molecule has 0 atom stereocenters. The zero-order valence-electron chi connectivity index (χ0n) is 12.7. The van der Waals surface area contributed by atoms with Crippen molar-refractivity contribution >= 4 is 17.3 Å². The number of hydrogen-bond acceptors (Lipinski definition) is 6. The van der Waals surface area contributed by atoms with Gasteiger partial charge in [-0.05, 0) is 18.2 Å². The second-order valence-corrected chi connectivity index (χ2v) is 4.59. The van der Waals surface area contributed by atoms with Gasteiger partial charge in [0.05, 0.1) is 23.3 Å². The average molecular weight is 327 g/mol. The standard InChI is InChI=1S/C16H13N3O5/c1-23-15-8-12(6-7-14(15)19(21)22)24-10-16(20)18-13-5-3-2-4-11(13)9-17/h2-8H,10H2,1H3,(H,18,20). The quantitative estimate of drug-likeness (QED) is 0.644. The molecule has 0 unspecified atom stereocenters. The van der Waals surface area contributed by atoms with E-state index < -0.39 is 10.8 Å². The first kappa shape index (κ1) is 16.8. The molecule has 0 aliphatic heterocycles. The molecule has 2 aromatic rings. The van der Waals surface area contributed by atoms with E-state index in [2.05, 4.69) is 5.32 Å². The SMILES string of the molecule is COc1cc(OCC(=O)Nc2ccccc2C#N)ccc1[N+](=O)[O-]. The molecule has 0 spiro atoms. The number of rotatable bonds is 6. The number of anilines is 1. The molecule has 1 amide bonds. The number of nitro benzene ring substituents is 1. The van der Waals surface area contributed by atoms with E-state index >= 15 is 0 Å². The number of carbonyl (C=O) groups excluding carboxylic acids is 1. The molecule has 2 rings (SSSR count). The number of amides is 1. The fourth-order valence-corrected chi connectivity index (χ4v) is 1.92. The molecule has 1 N–H and O–H groups in total. The summed E-state index contributed by atoms with van der Waals surface area (Å²) in [7, 11) is 1.30. The van der Waals surface area contributed by atoms with Gasteiger partial charge in [-0.3, -0.25) is 14.9 Å². The van der Waals surface area contributed by atoms with E-state index in [4.69, 9.17) is 14.7 Å². The average Bonchev–Trinajstić information content (AvgIpc) is 2.60. The lowest BCUT2D eigenvalue weighted by molar-refractivity contribution is -0.385. The van der Waals surface area contributed by atoms with E-state index in [0.29, 0.717) is 11.3 Å². The summed E-state index contributed by atoms with van der Waals surface area (Å²) in [5.74, 6) is -0.177. The minimum atomic E-state index is -0.575. The third-order valence-corrected chi connectivity index (χ3v) is 3.04. The predicted octanol–water partition coefficient (Wildman–Crippen LogP) is 2.49. The molecule has 8 nitrogen and oxygen atoms in total. The van der Waals surface area contributed by atoms with Gasteiger partial charge in [-0.15, -0.1) is 0 Å². The third kappa shape index (κ3) is 3.98. The zero-order valence-corrected chi connectivity index (χ0v) is 12.7. The molecule has 2 aromatic carbocycles. The maximum absolute atomic E-state index is 11.9. The van der Waals surface area contributed by atoms with E-state index in [-0.39, 0.29) is 23.8 Å². The summed E-state index contributed by atoms with van der Waals surface area (Å²) < 4.78 is 10.2. The molecule has 0 aliphatic carbocycles. The van der Waals surface area contributed by atoms with Crippen LogP contribution in [0.1, 0.15) is 5.56 Å². The largest absolute Gasteiger partial charge is 0.490 e. The Bertz CT molecular complexity index is 814. The van der Waals surface area contributed by atoms with Crippen LogP contribution in [-0.4, -0.2) is 24.5 Å². The van der Waals surface area contributed by atoms with Crippen LogP contribution >= 0.6 is 0 Å². The summed E-state index contributed by atoms with van der Waals surface area (Å²) in [6, 6.07) is 12.5. The van der Waals surface area contributed by atoms with Crippen molar-refractivity contribution in [3.63, 3.8) is 0 Å². The monoisotopic (exact) mass is 327 g/mol. The molecular weight excluding hydrogens is 314 g/mol. The van der Waals surface area contributed by atoms with Gasteiger partial charge in [0, 0.05) is 12.1 Å². The fraction of sp³-hybridized carbons (Fsp3) is 0.125. The molecule has 0 aliphatic rings. The maximum Gasteiger partial charge on any atom is 0.311 e. The van der Waals surface area contributed by atoms with Crippen molar-refractivity contribution in [3.05, 3.63) is 58.1 Å². The van der Waals surface area contributed by atoms with Crippen LogP contribution in [0.2, 0.25) is 0 Å². The summed E-state index contributed by atoms with van der Waals surface area (Å²) >= 11 is 0. The summed E-state index contributed by atoms with van der Waals surface area (Å²) in [4.78, 5) is 22.1. The molecular formula is C16H13N3O5. The highest BCUT2D eigenvalue weighted by Crippen LogP contribution is 2.30. The van der Waals surface area contributed by atoms with Crippen LogP contribution in [0, 0.1) is 21.4 Å². The van der Waals surface area contributed by atoms with Crippen molar-refractivity contribution in [1.29, 1.82) is 5.26 Å². The van der Waals surface area contributed by atoms with E-state index in [9.17, 15) is 14.9 Å². The summed E-state index contributed by atoms with van der Waals surface area (Å²) in [5.41, 5.74) is 0.523. The van der Waals surface area contributed by atoms with E-state index in [1.807, 2.05) is 6.07 Å². The lowest BCUT2D eigenvalue weighted by Crippen LogP contribution is -2.20. The van der Waals surface area contributed by atoms with Gasteiger partial charge in [-0.2, -0.15) is 5.26 Å². The molecule has 0 saturated heterocycles. The van der Waals surface area contributed by atoms with Crippen molar-refractivity contribution < 1.29 is 19.2 Å². The van der Waals surface area contributed by atoms with Gasteiger partial charge in [0.2, 0.25) is 5.75 Å². The molecule has 0 aromatic heterocycles. The number of ether oxygens (including phenoxy) is 2. The fourth-order valence-electron chi connectivity index (χ4n) is 1.92. The second kappa shape index (κ2) is 7.60. The number of nitriles is 1. The number of carbonyl (C=O) groups is 1. The Labute approximate surface area is 137 Å². The van der Waals surface area contributed by atoms with Crippen LogP contribution in [0.3, 0.4) is 0 Å². The van der Waals surface area contributed by atoms with Crippen LogP contribution in [-0.2, 0) is 4.79 Å². The number of nitrogens with one attached hydrogen (secondary N) is 1. The molecule has 0 saturated carbocycles. The number of benzene rings is 2. The Morgan fingerprint density at radius 2 is 2.08 bits per heavy atom. The molecule has 0 bridgehead atoms. The van der Waals surface area contributed by atoms with Gasteiger partial charge in [-0.1, -0.05) is 12.1 Å². The first-order valence-corrected chi connectivity index (χ1v) is 6.79. The summed E-state index contributed by atoms with van der Waals surface area (Å²) in [5, 5.41) is 22.3. The predicted molar refractivity (Wildman–Crippen MR) is 84.9 cm³/mol. The Morgan fingerprint density at radius 3 is 2.75 bits per heavy atom. The normalized spacial score (nSPS) is 9.67. The lowest BCUT2D eigenvalue weighted by atomic mass is 10.2. The molecule has 0 heterocycles. The van der Waals surface area contributed by atoms with Gasteiger partial charge in [0.25, 0.3) is 5.91 Å². The highest BCUT2D eigenvalue weighted by Gasteiger charge is 2.15. The lowest BCUT2D eigenvalue weighted by Gasteiger charge is -2.09. The highest BCUT2D eigenvalue weighted by molar-refractivity contribution is 5.93. The number of hydrogen-bond donors (Lipinski definition) is 1. The van der Waals surface area contributed by atoms with Crippen LogP contribution < -0.4 is 14.8 Å². The zero-order chi connectivity index (χ0) is 17.5. The first-order valence-electron chi connectivity index (χ1n) is 6.79. The van der Waals surface area contributed by atoms with E-state index in [0.717, 1.165) is 0 Å². The van der Waals surface area contributed by atoms with Gasteiger partial charge in [0.15, 0.2) is 6.61 Å². The number of para-hydroxylation sites is 1. The second-order valence-electron chi connectivity index (χ2n) is 4.59. The Hall–Kier alpha value is -3.60. The Morgan fingerprint density at radius 1 is 1.33 bits per heavy atom. The molecule has 0 fully saturated rings. The smallest absolute Gasteiger partial charge is 0.311 e. The first-order chi connectivity index (χ1) is 11.5. The molecule has 8 heteroatoms. The number of methoxy groups -OCH3 is 1. The van der Waals surface area contributed by atoms with Crippen LogP contribution in [0.5, 0.6) is 11.5 Å². The third-order valence-electron chi connectivity index (χ3n) is 3.04. The van der Waals surface area contributed by atoms with Gasteiger partial charge >= 0.3 is 5.69 Å².